The van der Waals surface area contributed by atoms with E-state index in [1.54, 1.807) is 31.5 Å². The Bertz CT molecular complexity index is 938. The minimum Gasteiger partial charge on any atom is -0.496 e. The van der Waals surface area contributed by atoms with Gasteiger partial charge in [-0.25, -0.2) is 4.98 Å². The summed E-state index contributed by atoms with van der Waals surface area (Å²) in [5.41, 5.74) is 4.07. The summed E-state index contributed by atoms with van der Waals surface area (Å²) in [7, 11) is 1.55. The van der Waals surface area contributed by atoms with Gasteiger partial charge in [0.05, 0.1) is 24.6 Å². The first kappa shape index (κ1) is 16.1. The minimum atomic E-state index is -0.241. The Hall–Kier alpha value is -3.34. The third-order valence-electron chi connectivity index (χ3n) is 4.54. The number of carbonyl (C=O) groups excluding carboxylic acids is 1. The largest absolute Gasteiger partial charge is 0.496 e. The Morgan fingerprint density at radius 2 is 1.88 bits per heavy atom. The van der Waals surface area contributed by atoms with Crippen molar-refractivity contribution in [3.05, 3.63) is 78.0 Å². The quantitative estimate of drug-likeness (QED) is 0.775. The Kier molecular flexibility index (Phi) is 4.27. The SMILES string of the molecule is COc1ccccc1C(=O)Nc1ccc(N2CCc3ccccc32)cn1. The van der Waals surface area contributed by atoms with Gasteiger partial charge in [-0.3, -0.25) is 4.79 Å². The van der Waals surface area contributed by atoms with Crippen molar-refractivity contribution in [2.45, 2.75) is 6.42 Å². The first-order valence-corrected chi connectivity index (χ1v) is 8.52. The molecule has 1 aliphatic heterocycles. The van der Waals surface area contributed by atoms with E-state index in [0.717, 1.165) is 18.7 Å². The van der Waals surface area contributed by atoms with Gasteiger partial charge in [0.25, 0.3) is 5.91 Å². The molecule has 0 bridgehead atoms. The van der Waals surface area contributed by atoms with Gasteiger partial charge >= 0.3 is 0 Å². The smallest absolute Gasteiger partial charge is 0.260 e. The van der Waals surface area contributed by atoms with Crippen molar-refractivity contribution in [2.75, 3.05) is 23.9 Å². The zero-order valence-corrected chi connectivity index (χ0v) is 14.5. The van der Waals surface area contributed by atoms with Crippen LogP contribution in [0.15, 0.2) is 66.9 Å². The van der Waals surface area contributed by atoms with Gasteiger partial charge in [0.1, 0.15) is 11.6 Å². The van der Waals surface area contributed by atoms with Crippen molar-refractivity contribution in [3.63, 3.8) is 0 Å². The van der Waals surface area contributed by atoms with Crippen LogP contribution in [0.2, 0.25) is 0 Å². The number of methoxy groups -OCH3 is 1. The van der Waals surface area contributed by atoms with Crippen LogP contribution in [0.25, 0.3) is 0 Å². The Balaban J connectivity index is 1.51. The minimum absolute atomic E-state index is 0.241. The fourth-order valence-electron chi connectivity index (χ4n) is 3.24. The van der Waals surface area contributed by atoms with Gasteiger partial charge in [-0.1, -0.05) is 30.3 Å². The van der Waals surface area contributed by atoms with Crippen LogP contribution in [0.1, 0.15) is 15.9 Å². The lowest BCUT2D eigenvalue weighted by atomic mass is 10.2. The van der Waals surface area contributed by atoms with Gasteiger partial charge in [-0.2, -0.15) is 0 Å². The molecule has 0 saturated heterocycles. The molecule has 0 atom stereocenters. The summed E-state index contributed by atoms with van der Waals surface area (Å²) in [5, 5.41) is 2.82. The second-order valence-corrected chi connectivity index (χ2v) is 6.09. The molecule has 130 valence electrons. The number of pyridine rings is 1. The third kappa shape index (κ3) is 2.99. The number of anilines is 3. The lowest BCUT2D eigenvalue weighted by Gasteiger charge is -2.19. The lowest BCUT2D eigenvalue weighted by molar-refractivity contribution is 0.102. The van der Waals surface area contributed by atoms with E-state index in [4.69, 9.17) is 4.74 Å². The number of carbonyl (C=O) groups is 1. The van der Waals surface area contributed by atoms with E-state index in [1.807, 2.05) is 24.3 Å². The zero-order valence-electron chi connectivity index (χ0n) is 14.5. The fourth-order valence-corrected chi connectivity index (χ4v) is 3.24. The summed E-state index contributed by atoms with van der Waals surface area (Å²) in [6.07, 6.45) is 2.82. The number of hydrogen-bond acceptors (Lipinski definition) is 4. The maximum atomic E-state index is 12.5. The van der Waals surface area contributed by atoms with Crippen molar-refractivity contribution in [3.8, 4) is 5.75 Å². The summed E-state index contributed by atoms with van der Waals surface area (Å²) < 4.78 is 5.24. The van der Waals surface area contributed by atoms with Gasteiger partial charge in [0.15, 0.2) is 0 Å². The molecule has 0 radical (unpaired) electrons. The van der Waals surface area contributed by atoms with Crippen LogP contribution in [0.5, 0.6) is 5.75 Å². The second-order valence-electron chi connectivity index (χ2n) is 6.09. The summed E-state index contributed by atoms with van der Waals surface area (Å²) in [4.78, 5) is 19.1. The highest BCUT2D eigenvalue weighted by atomic mass is 16.5. The molecule has 4 rings (SSSR count). The normalized spacial score (nSPS) is 12.6. The monoisotopic (exact) mass is 345 g/mol. The molecule has 1 aliphatic rings. The number of para-hydroxylation sites is 2. The molecule has 0 saturated carbocycles. The number of fused-ring (bicyclic) bond motifs is 1. The highest BCUT2D eigenvalue weighted by Gasteiger charge is 2.20. The fraction of sp³-hybridized carbons (Fsp3) is 0.143. The molecule has 5 nitrogen and oxygen atoms in total. The van der Waals surface area contributed by atoms with Gasteiger partial charge in [0.2, 0.25) is 0 Å². The Labute approximate surface area is 152 Å². The predicted molar refractivity (Wildman–Crippen MR) is 102 cm³/mol. The zero-order chi connectivity index (χ0) is 17.9. The predicted octanol–water partition coefficient (Wildman–Crippen LogP) is 4.04. The van der Waals surface area contributed by atoms with Crippen LogP contribution in [-0.2, 0) is 6.42 Å². The number of hydrogen-bond donors (Lipinski definition) is 1. The highest BCUT2D eigenvalue weighted by molar-refractivity contribution is 6.05. The first-order valence-electron chi connectivity index (χ1n) is 8.52. The summed E-state index contributed by atoms with van der Waals surface area (Å²) in [5.74, 6) is 0.807. The van der Waals surface area contributed by atoms with E-state index in [2.05, 4.69) is 33.4 Å². The van der Waals surface area contributed by atoms with Gasteiger partial charge < -0.3 is 15.0 Å². The number of nitrogens with one attached hydrogen (secondary N) is 1. The van der Waals surface area contributed by atoms with Crippen molar-refractivity contribution < 1.29 is 9.53 Å². The van der Waals surface area contributed by atoms with Crippen molar-refractivity contribution >= 4 is 23.1 Å². The molecular weight excluding hydrogens is 326 g/mol. The van der Waals surface area contributed by atoms with Crippen LogP contribution < -0.4 is 15.0 Å². The van der Waals surface area contributed by atoms with Crippen molar-refractivity contribution in [1.82, 2.24) is 4.98 Å². The number of amides is 1. The van der Waals surface area contributed by atoms with E-state index in [0.29, 0.717) is 17.1 Å². The average molecular weight is 345 g/mol. The molecule has 0 fully saturated rings. The lowest BCUT2D eigenvalue weighted by Crippen LogP contribution is -2.16. The van der Waals surface area contributed by atoms with E-state index < -0.39 is 0 Å². The molecule has 3 aromatic rings. The molecule has 26 heavy (non-hydrogen) atoms. The molecule has 1 aromatic heterocycles. The summed E-state index contributed by atoms with van der Waals surface area (Å²) in [6.45, 7) is 0.938. The van der Waals surface area contributed by atoms with E-state index in [-0.39, 0.29) is 5.91 Å². The molecule has 5 heteroatoms. The summed E-state index contributed by atoms with van der Waals surface area (Å²) in [6, 6.07) is 19.3. The number of ether oxygens (including phenoxy) is 1. The maximum Gasteiger partial charge on any atom is 0.260 e. The number of rotatable bonds is 4. The average Bonchev–Trinajstić information content (AvgIpc) is 3.12. The molecule has 2 heterocycles. The number of benzene rings is 2. The van der Waals surface area contributed by atoms with Crippen LogP contribution >= 0.6 is 0 Å². The van der Waals surface area contributed by atoms with Crippen LogP contribution in [0.4, 0.5) is 17.2 Å². The highest BCUT2D eigenvalue weighted by Crippen LogP contribution is 2.34. The van der Waals surface area contributed by atoms with Crippen LogP contribution in [0, 0.1) is 0 Å². The van der Waals surface area contributed by atoms with Gasteiger partial charge in [-0.05, 0) is 42.3 Å². The second kappa shape index (κ2) is 6.88. The van der Waals surface area contributed by atoms with Crippen molar-refractivity contribution in [2.24, 2.45) is 0 Å². The van der Waals surface area contributed by atoms with Crippen LogP contribution in [-0.4, -0.2) is 24.5 Å². The first-order chi connectivity index (χ1) is 12.8. The van der Waals surface area contributed by atoms with E-state index >= 15 is 0 Å². The van der Waals surface area contributed by atoms with E-state index in [1.165, 1.54) is 11.3 Å². The molecule has 1 N–H and O–H groups in total. The molecule has 0 aliphatic carbocycles. The standard InChI is InChI=1S/C21H19N3O2/c1-26-19-9-5-3-7-17(19)21(25)23-20-11-10-16(14-22-20)24-13-12-15-6-2-4-8-18(15)24/h2-11,14H,12-13H2,1H3,(H,22,23,25). The van der Waals surface area contributed by atoms with Gasteiger partial charge in [-0.15, -0.1) is 0 Å². The Morgan fingerprint density at radius 1 is 1.08 bits per heavy atom. The summed E-state index contributed by atoms with van der Waals surface area (Å²) >= 11 is 0. The Morgan fingerprint density at radius 3 is 2.69 bits per heavy atom. The topological polar surface area (TPSA) is 54.5 Å². The van der Waals surface area contributed by atoms with Crippen molar-refractivity contribution in [1.29, 1.82) is 0 Å². The van der Waals surface area contributed by atoms with Gasteiger partial charge in [0, 0.05) is 12.2 Å². The molecular formula is C21H19N3O2. The molecule has 0 spiro atoms. The molecule has 1 amide bonds. The molecule has 0 unspecified atom stereocenters. The number of aromatic nitrogens is 1. The van der Waals surface area contributed by atoms with E-state index in [9.17, 15) is 4.79 Å². The maximum absolute atomic E-state index is 12.5. The van der Waals surface area contributed by atoms with Crippen LogP contribution in [0.3, 0.4) is 0 Å². The molecule has 2 aromatic carbocycles. The third-order valence-corrected chi connectivity index (χ3v) is 4.54. The number of nitrogens with zero attached hydrogens (tertiary/aromatic N) is 2.